The van der Waals surface area contributed by atoms with E-state index >= 15 is 0 Å². The molecule has 94 valence electrons. The first-order valence-corrected chi connectivity index (χ1v) is 5.81. The molecule has 0 aromatic carbocycles. The molecule has 0 rings (SSSR count). The molecule has 0 aromatic rings. The first kappa shape index (κ1) is 14.9. The second-order valence-corrected chi connectivity index (χ2v) is 3.80. The van der Waals surface area contributed by atoms with Gasteiger partial charge in [-0.3, -0.25) is 9.68 Å². The van der Waals surface area contributed by atoms with Gasteiger partial charge in [-0.1, -0.05) is 45.4 Å². The van der Waals surface area contributed by atoms with E-state index in [0.717, 1.165) is 19.3 Å². The normalized spacial score (nSPS) is 11.9. The van der Waals surface area contributed by atoms with E-state index in [4.69, 9.17) is 5.26 Å². The van der Waals surface area contributed by atoms with Gasteiger partial charge >= 0.3 is 5.97 Å². The lowest BCUT2D eigenvalue weighted by Crippen LogP contribution is -2.36. The van der Waals surface area contributed by atoms with E-state index in [1.54, 1.807) is 0 Å². The monoisotopic (exact) mass is 231 g/mol. The van der Waals surface area contributed by atoms with Gasteiger partial charge in [0.15, 0.2) is 0 Å². The molecule has 1 amide bonds. The molecular weight excluding hydrogens is 210 g/mol. The smallest absolute Gasteiger partial charge is 0.345 e. The zero-order chi connectivity index (χ0) is 12.2. The summed E-state index contributed by atoms with van der Waals surface area (Å²) in [7, 11) is 0. The minimum Gasteiger partial charge on any atom is -0.345 e. The highest BCUT2D eigenvalue weighted by molar-refractivity contribution is 5.77. The molecule has 0 bridgehead atoms. The van der Waals surface area contributed by atoms with Crippen molar-refractivity contribution in [3.8, 4) is 0 Å². The molecule has 1 atom stereocenters. The number of hydrogen-bond donors (Lipinski definition) is 2. The van der Waals surface area contributed by atoms with Crippen LogP contribution in [-0.2, 0) is 14.5 Å². The molecule has 1 unspecified atom stereocenters. The largest absolute Gasteiger partial charge is 0.364 e. The summed E-state index contributed by atoms with van der Waals surface area (Å²) in [5.41, 5.74) is 0. The molecule has 0 heterocycles. The molecule has 0 aliphatic rings. The maximum atomic E-state index is 11.0. The number of amides is 1. The molecular formula is C11H21NO4. The SMILES string of the molecule is CCCCCCCCC(NC=O)C(=O)OO. The highest BCUT2D eigenvalue weighted by atomic mass is 17.1. The molecule has 0 aliphatic carbocycles. The molecule has 0 fully saturated rings. The summed E-state index contributed by atoms with van der Waals surface area (Å²) < 4.78 is 0. The topological polar surface area (TPSA) is 75.6 Å². The number of unbranched alkanes of at least 4 members (excludes halogenated alkanes) is 5. The fourth-order valence-corrected chi connectivity index (χ4v) is 1.54. The minimum atomic E-state index is -0.805. The maximum absolute atomic E-state index is 11.0. The van der Waals surface area contributed by atoms with Gasteiger partial charge in [-0.2, -0.15) is 5.26 Å². The van der Waals surface area contributed by atoms with Crippen molar-refractivity contribution in [1.82, 2.24) is 5.32 Å². The third kappa shape index (κ3) is 7.23. The molecule has 0 aliphatic heterocycles. The van der Waals surface area contributed by atoms with Gasteiger partial charge in [-0.05, 0) is 6.42 Å². The van der Waals surface area contributed by atoms with Gasteiger partial charge < -0.3 is 5.32 Å². The molecule has 5 nitrogen and oxygen atoms in total. The van der Waals surface area contributed by atoms with Crippen LogP contribution in [0, 0.1) is 0 Å². The summed E-state index contributed by atoms with van der Waals surface area (Å²) in [5, 5.41) is 10.5. The lowest BCUT2D eigenvalue weighted by molar-refractivity contribution is -0.236. The van der Waals surface area contributed by atoms with Crippen molar-refractivity contribution in [3.05, 3.63) is 0 Å². The molecule has 5 heteroatoms. The van der Waals surface area contributed by atoms with Crippen LogP contribution in [-0.4, -0.2) is 23.7 Å². The molecule has 0 saturated carbocycles. The molecule has 16 heavy (non-hydrogen) atoms. The van der Waals surface area contributed by atoms with Crippen LogP contribution in [0.1, 0.15) is 51.9 Å². The lowest BCUT2D eigenvalue weighted by Gasteiger charge is -2.11. The van der Waals surface area contributed by atoms with E-state index in [9.17, 15) is 9.59 Å². The van der Waals surface area contributed by atoms with Gasteiger partial charge in [0.25, 0.3) is 0 Å². The molecule has 0 radical (unpaired) electrons. The lowest BCUT2D eigenvalue weighted by atomic mass is 10.1. The summed E-state index contributed by atoms with van der Waals surface area (Å²) in [6, 6.07) is -0.728. The number of nitrogens with one attached hydrogen (secondary N) is 1. The van der Waals surface area contributed by atoms with Crippen LogP contribution in [0.3, 0.4) is 0 Å². The fraction of sp³-hybridized carbons (Fsp3) is 0.818. The Balaban J connectivity index is 3.59. The highest BCUT2D eigenvalue weighted by Crippen LogP contribution is 2.09. The Labute approximate surface area is 96.1 Å². The van der Waals surface area contributed by atoms with E-state index < -0.39 is 12.0 Å². The van der Waals surface area contributed by atoms with Crippen molar-refractivity contribution in [1.29, 1.82) is 0 Å². The van der Waals surface area contributed by atoms with Crippen molar-refractivity contribution in [2.24, 2.45) is 0 Å². The van der Waals surface area contributed by atoms with Crippen LogP contribution in [0.2, 0.25) is 0 Å². The molecule has 0 aromatic heterocycles. The van der Waals surface area contributed by atoms with E-state index in [-0.39, 0.29) is 0 Å². The second-order valence-electron chi connectivity index (χ2n) is 3.80. The second kappa shape index (κ2) is 10.4. The Morgan fingerprint density at radius 3 is 2.50 bits per heavy atom. The zero-order valence-corrected chi connectivity index (χ0v) is 9.78. The summed E-state index contributed by atoms with van der Waals surface area (Å²) >= 11 is 0. The molecule has 2 N–H and O–H groups in total. The first-order valence-electron chi connectivity index (χ1n) is 5.81. The van der Waals surface area contributed by atoms with Gasteiger partial charge in [0.1, 0.15) is 6.04 Å². The Kier molecular flexibility index (Phi) is 9.70. The maximum Gasteiger partial charge on any atom is 0.364 e. The quantitative estimate of drug-likeness (QED) is 0.260. The van der Waals surface area contributed by atoms with Crippen LogP contribution < -0.4 is 5.32 Å². The highest BCUT2D eigenvalue weighted by Gasteiger charge is 2.18. The predicted molar refractivity (Wildman–Crippen MR) is 59.7 cm³/mol. The standard InChI is InChI=1S/C11H21NO4/c1-2-3-4-5-6-7-8-10(12-9-13)11(14)16-15/h9-10,15H,2-8H2,1H3,(H,12,13). The molecule has 0 spiro atoms. The van der Waals surface area contributed by atoms with E-state index in [1.165, 1.54) is 19.3 Å². The van der Waals surface area contributed by atoms with Gasteiger partial charge in [0, 0.05) is 0 Å². The Hall–Kier alpha value is -1.10. The summed E-state index contributed by atoms with van der Waals surface area (Å²) in [5.74, 6) is -0.805. The Morgan fingerprint density at radius 1 is 1.31 bits per heavy atom. The minimum absolute atomic E-state index is 0.443. The third-order valence-electron chi connectivity index (χ3n) is 2.49. The van der Waals surface area contributed by atoms with Gasteiger partial charge in [0.2, 0.25) is 6.41 Å². The average Bonchev–Trinajstić information content (AvgIpc) is 2.31. The van der Waals surface area contributed by atoms with Crippen molar-refractivity contribution < 1.29 is 19.7 Å². The van der Waals surface area contributed by atoms with Gasteiger partial charge in [0.05, 0.1) is 0 Å². The van der Waals surface area contributed by atoms with Crippen LogP contribution in [0.4, 0.5) is 0 Å². The average molecular weight is 231 g/mol. The fourth-order valence-electron chi connectivity index (χ4n) is 1.54. The number of carbonyl (C=O) groups excluding carboxylic acids is 2. The van der Waals surface area contributed by atoms with Crippen molar-refractivity contribution in [2.45, 2.75) is 57.9 Å². The predicted octanol–water partition coefficient (Wildman–Crippen LogP) is 1.87. The zero-order valence-electron chi connectivity index (χ0n) is 9.78. The van der Waals surface area contributed by atoms with Crippen LogP contribution >= 0.6 is 0 Å². The van der Waals surface area contributed by atoms with E-state index in [0.29, 0.717) is 12.8 Å². The summed E-state index contributed by atoms with van der Waals surface area (Å²) in [6.45, 7) is 2.15. The van der Waals surface area contributed by atoms with Crippen LogP contribution in [0.15, 0.2) is 0 Å². The number of carbonyl (C=O) groups is 2. The van der Waals surface area contributed by atoms with E-state index in [1.807, 2.05) is 0 Å². The van der Waals surface area contributed by atoms with Crippen molar-refractivity contribution in [3.63, 3.8) is 0 Å². The van der Waals surface area contributed by atoms with E-state index in [2.05, 4.69) is 17.1 Å². The summed E-state index contributed by atoms with van der Waals surface area (Å²) in [4.78, 5) is 24.8. The Bertz CT molecular complexity index is 196. The first-order chi connectivity index (χ1) is 7.76. The van der Waals surface area contributed by atoms with Crippen LogP contribution in [0.25, 0.3) is 0 Å². The summed E-state index contributed by atoms with van der Waals surface area (Å²) in [6.07, 6.45) is 7.58. The number of hydrogen-bond acceptors (Lipinski definition) is 4. The Morgan fingerprint density at radius 2 is 1.94 bits per heavy atom. The van der Waals surface area contributed by atoms with Crippen molar-refractivity contribution in [2.75, 3.05) is 0 Å². The van der Waals surface area contributed by atoms with Gasteiger partial charge in [-0.25, -0.2) is 4.79 Å². The number of rotatable bonds is 10. The van der Waals surface area contributed by atoms with Gasteiger partial charge in [-0.15, -0.1) is 0 Å². The van der Waals surface area contributed by atoms with Crippen molar-refractivity contribution >= 4 is 12.4 Å². The third-order valence-corrected chi connectivity index (χ3v) is 2.49. The molecule has 0 saturated heterocycles. The van der Waals surface area contributed by atoms with Crippen LogP contribution in [0.5, 0.6) is 0 Å².